The molecule has 2 aromatic rings. The summed E-state index contributed by atoms with van der Waals surface area (Å²) in [5.74, 6) is -1.35. The number of aryl methyl sites for hydroxylation is 1. The number of barbiturate groups is 1. The lowest BCUT2D eigenvalue weighted by Gasteiger charge is -2.28. The standard InChI is InChI=1S/C18H16Cl2N4O3/c1-10-13(8-14-16(25)22(2)18(27)23(3)17(14)26)15(20)24(21-10)9-11-4-6-12(19)7-5-11/h4-8H,9H2,1-3H3. The van der Waals surface area contributed by atoms with Gasteiger partial charge in [0.15, 0.2) is 0 Å². The van der Waals surface area contributed by atoms with Crippen molar-refractivity contribution in [2.45, 2.75) is 13.5 Å². The second kappa shape index (κ2) is 7.17. The molecule has 0 bridgehead atoms. The highest BCUT2D eigenvalue weighted by Gasteiger charge is 2.38. The summed E-state index contributed by atoms with van der Waals surface area (Å²) < 4.78 is 1.57. The van der Waals surface area contributed by atoms with Crippen LogP contribution in [-0.2, 0) is 16.1 Å². The number of rotatable bonds is 3. The molecule has 0 radical (unpaired) electrons. The van der Waals surface area contributed by atoms with Crippen LogP contribution in [0.25, 0.3) is 6.08 Å². The van der Waals surface area contributed by atoms with Crippen LogP contribution in [-0.4, -0.2) is 51.5 Å². The van der Waals surface area contributed by atoms with Crippen molar-refractivity contribution in [3.8, 4) is 0 Å². The van der Waals surface area contributed by atoms with Gasteiger partial charge in [-0.2, -0.15) is 5.10 Å². The number of amides is 4. The summed E-state index contributed by atoms with van der Waals surface area (Å²) in [6.07, 6.45) is 1.38. The SMILES string of the molecule is Cc1nn(Cc2ccc(Cl)cc2)c(Cl)c1C=C1C(=O)N(C)C(=O)N(C)C1=O. The highest BCUT2D eigenvalue weighted by atomic mass is 35.5. The molecule has 0 atom stereocenters. The predicted octanol–water partition coefficient (Wildman–Crippen LogP) is 2.98. The Morgan fingerprint density at radius 3 is 2.11 bits per heavy atom. The van der Waals surface area contributed by atoms with Crippen molar-refractivity contribution in [3.63, 3.8) is 0 Å². The largest absolute Gasteiger partial charge is 0.333 e. The third-order valence-electron chi connectivity index (χ3n) is 4.29. The van der Waals surface area contributed by atoms with E-state index in [0.29, 0.717) is 22.8 Å². The van der Waals surface area contributed by atoms with Crippen LogP contribution in [0.1, 0.15) is 16.8 Å². The molecule has 2 heterocycles. The number of halogens is 2. The molecule has 9 heteroatoms. The van der Waals surface area contributed by atoms with Crippen molar-refractivity contribution in [2.75, 3.05) is 14.1 Å². The van der Waals surface area contributed by atoms with Crippen LogP contribution < -0.4 is 0 Å². The minimum absolute atomic E-state index is 0.143. The van der Waals surface area contributed by atoms with E-state index in [1.807, 2.05) is 12.1 Å². The number of carbonyl (C=O) groups excluding carboxylic acids is 3. The van der Waals surface area contributed by atoms with Gasteiger partial charge in [0.2, 0.25) is 0 Å². The molecule has 27 heavy (non-hydrogen) atoms. The molecular weight excluding hydrogens is 391 g/mol. The van der Waals surface area contributed by atoms with E-state index in [1.165, 1.54) is 20.2 Å². The maximum Gasteiger partial charge on any atom is 0.333 e. The molecule has 0 aliphatic carbocycles. The fourth-order valence-electron chi connectivity index (χ4n) is 2.72. The lowest BCUT2D eigenvalue weighted by atomic mass is 10.1. The van der Waals surface area contributed by atoms with Crippen LogP contribution in [0.2, 0.25) is 10.2 Å². The Morgan fingerprint density at radius 2 is 1.56 bits per heavy atom. The van der Waals surface area contributed by atoms with E-state index in [0.717, 1.165) is 15.4 Å². The van der Waals surface area contributed by atoms with Crippen molar-refractivity contribution in [1.82, 2.24) is 19.6 Å². The first kappa shape index (κ1) is 19.1. The third-order valence-corrected chi connectivity index (χ3v) is 4.94. The second-order valence-electron chi connectivity index (χ2n) is 6.14. The van der Waals surface area contributed by atoms with Gasteiger partial charge < -0.3 is 0 Å². The van der Waals surface area contributed by atoms with Crippen molar-refractivity contribution < 1.29 is 14.4 Å². The molecule has 0 spiro atoms. The van der Waals surface area contributed by atoms with Crippen molar-refractivity contribution in [3.05, 3.63) is 56.8 Å². The summed E-state index contributed by atoms with van der Waals surface area (Å²) in [5.41, 5.74) is 1.82. The number of urea groups is 1. The van der Waals surface area contributed by atoms with Gasteiger partial charge in [-0.15, -0.1) is 0 Å². The van der Waals surface area contributed by atoms with Crippen molar-refractivity contribution in [1.29, 1.82) is 0 Å². The lowest BCUT2D eigenvalue weighted by molar-refractivity contribution is -0.134. The van der Waals surface area contributed by atoms with Gasteiger partial charge in [-0.25, -0.2) is 9.48 Å². The maximum absolute atomic E-state index is 12.4. The first-order valence-corrected chi connectivity index (χ1v) is 8.75. The monoisotopic (exact) mass is 406 g/mol. The molecule has 3 rings (SSSR count). The summed E-state index contributed by atoms with van der Waals surface area (Å²) in [6.45, 7) is 2.13. The highest BCUT2D eigenvalue weighted by molar-refractivity contribution is 6.33. The van der Waals surface area contributed by atoms with Gasteiger partial charge in [0, 0.05) is 24.7 Å². The summed E-state index contributed by atoms with van der Waals surface area (Å²) in [5, 5.41) is 5.31. The average Bonchev–Trinajstić information content (AvgIpc) is 2.90. The molecule has 1 aromatic heterocycles. The molecule has 1 aliphatic heterocycles. The Balaban J connectivity index is 1.98. The summed E-state index contributed by atoms with van der Waals surface area (Å²) in [6, 6.07) is 6.58. The number of benzene rings is 1. The van der Waals surface area contributed by atoms with Crippen LogP contribution in [0, 0.1) is 6.92 Å². The van der Waals surface area contributed by atoms with Gasteiger partial charge in [0.25, 0.3) is 11.8 Å². The van der Waals surface area contributed by atoms with Gasteiger partial charge in [-0.05, 0) is 30.7 Å². The van der Waals surface area contributed by atoms with Crippen LogP contribution in [0.4, 0.5) is 4.79 Å². The van der Waals surface area contributed by atoms with E-state index in [2.05, 4.69) is 5.10 Å². The molecule has 1 saturated heterocycles. The zero-order valence-corrected chi connectivity index (χ0v) is 16.4. The molecular formula is C18H16Cl2N4O3. The van der Waals surface area contributed by atoms with Crippen molar-refractivity contribution >= 4 is 47.1 Å². The van der Waals surface area contributed by atoms with E-state index < -0.39 is 17.8 Å². The molecule has 1 aliphatic rings. The quantitative estimate of drug-likeness (QED) is 0.579. The van der Waals surface area contributed by atoms with Crippen molar-refractivity contribution in [2.24, 2.45) is 0 Å². The molecule has 4 amide bonds. The molecule has 0 unspecified atom stereocenters. The number of nitrogens with zero attached hydrogens (tertiary/aromatic N) is 4. The van der Waals surface area contributed by atoms with E-state index >= 15 is 0 Å². The summed E-state index contributed by atoms with van der Waals surface area (Å²) in [7, 11) is 2.64. The highest BCUT2D eigenvalue weighted by Crippen LogP contribution is 2.26. The zero-order valence-electron chi connectivity index (χ0n) is 14.9. The zero-order chi connectivity index (χ0) is 19.9. The predicted molar refractivity (Wildman–Crippen MR) is 101 cm³/mol. The van der Waals surface area contributed by atoms with Crippen LogP contribution >= 0.6 is 23.2 Å². The number of hydrogen-bond acceptors (Lipinski definition) is 4. The minimum atomic E-state index is -0.677. The molecule has 0 N–H and O–H groups in total. The number of aromatic nitrogens is 2. The van der Waals surface area contributed by atoms with E-state index in [1.54, 1.807) is 23.7 Å². The maximum atomic E-state index is 12.4. The second-order valence-corrected chi connectivity index (χ2v) is 6.94. The fourth-order valence-corrected chi connectivity index (χ4v) is 3.13. The third kappa shape index (κ3) is 3.48. The van der Waals surface area contributed by atoms with Gasteiger partial charge in [-0.1, -0.05) is 35.3 Å². The van der Waals surface area contributed by atoms with Gasteiger partial charge in [0.1, 0.15) is 10.7 Å². The topological polar surface area (TPSA) is 75.5 Å². The first-order chi connectivity index (χ1) is 12.7. The average molecular weight is 407 g/mol. The van der Waals surface area contributed by atoms with Gasteiger partial charge in [-0.3, -0.25) is 19.4 Å². The summed E-state index contributed by atoms with van der Waals surface area (Å²) in [4.78, 5) is 38.3. The molecule has 140 valence electrons. The Morgan fingerprint density at radius 1 is 1.00 bits per heavy atom. The molecule has 0 saturated carbocycles. The van der Waals surface area contributed by atoms with E-state index in [9.17, 15) is 14.4 Å². The fraction of sp³-hybridized carbons (Fsp3) is 0.222. The van der Waals surface area contributed by atoms with Gasteiger partial charge >= 0.3 is 6.03 Å². The minimum Gasteiger partial charge on any atom is -0.268 e. The summed E-state index contributed by atoms with van der Waals surface area (Å²) >= 11 is 12.3. The van der Waals surface area contributed by atoms with Crippen LogP contribution in [0.3, 0.4) is 0 Å². The Hall–Kier alpha value is -2.64. The smallest absolute Gasteiger partial charge is 0.268 e. The number of carbonyl (C=O) groups is 3. The Bertz CT molecular complexity index is 953. The Kier molecular flexibility index (Phi) is 5.08. The Labute approximate surface area is 165 Å². The molecule has 7 nitrogen and oxygen atoms in total. The van der Waals surface area contributed by atoms with Crippen LogP contribution in [0.15, 0.2) is 29.8 Å². The number of likely N-dealkylation sites (N-methyl/N-ethyl adjacent to an activating group) is 2. The first-order valence-electron chi connectivity index (χ1n) is 7.99. The normalized spacial score (nSPS) is 15.0. The van der Waals surface area contributed by atoms with E-state index in [4.69, 9.17) is 23.2 Å². The lowest BCUT2D eigenvalue weighted by Crippen LogP contribution is -2.52. The molecule has 1 fully saturated rings. The number of imide groups is 2. The molecule has 1 aromatic carbocycles. The number of hydrogen-bond donors (Lipinski definition) is 0. The van der Waals surface area contributed by atoms with E-state index in [-0.39, 0.29) is 10.7 Å². The van der Waals surface area contributed by atoms with Gasteiger partial charge in [0.05, 0.1) is 12.2 Å². The van der Waals surface area contributed by atoms with Crippen LogP contribution in [0.5, 0.6) is 0 Å².